The smallest absolute Gasteiger partial charge is 0.280 e. The number of H-pyrrole nitrogens is 1. The van der Waals surface area contributed by atoms with Gasteiger partial charge in [0.15, 0.2) is 17.4 Å². The lowest BCUT2D eigenvalue weighted by molar-refractivity contribution is -0.118. The third-order valence-corrected chi connectivity index (χ3v) is 7.71. The lowest BCUT2D eigenvalue weighted by Gasteiger charge is -2.35. The molecule has 3 heterocycles. The van der Waals surface area contributed by atoms with Crippen molar-refractivity contribution in [1.82, 2.24) is 24.2 Å². The number of hydrogen-bond acceptors (Lipinski definition) is 9. The van der Waals surface area contributed by atoms with Crippen LogP contribution in [0.1, 0.15) is 60.6 Å². The fourth-order valence-electron chi connectivity index (χ4n) is 3.95. The molecule has 37 heavy (non-hydrogen) atoms. The fourth-order valence-corrected chi connectivity index (χ4v) is 5.58. The van der Waals surface area contributed by atoms with Crippen LogP contribution in [0, 0.1) is 17.2 Å². The summed E-state index contributed by atoms with van der Waals surface area (Å²) in [6.07, 6.45) is -1.45. The molecule has 1 aliphatic rings. The summed E-state index contributed by atoms with van der Waals surface area (Å²) in [5, 5.41) is 11.4. The Hall–Kier alpha value is -2.49. The van der Waals surface area contributed by atoms with Crippen molar-refractivity contribution < 1.29 is 23.0 Å². The topological polar surface area (TPSA) is 147 Å². The van der Waals surface area contributed by atoms with Gasteiger partial charge in [-0.1, -0.05) is 13.8 Å². The summed E-state index contributed by atoms with van der Waals surface area (Å²) in [7, 11) is -1.49. The molecule has 3 rings (SSSR count). The zero-order valence-electron chi connectivity index (χ0n) is 22.0. The highest BCUT2D eigenvalue weighted by Crippen LogP contribution is 2.47. The number of imidazole rings is 1. The summed E-state index contributed by atoms with van der Waals surface area (Å²) in [6.45, 7) is 11.9. The number of aromatic nitrogens is 4. The van der Waals surface area contributed by atoms with E-state index in [1.807, 2.05) is 27.7 Å². The summed E-state index contributed by atoms with van der Waals surface area (Å²) in [4.78, 5) is 35.4. The van der Waals surface area contributed by atoms with Crippen LogP contribution >= 0.6 is 8.53 Å². The number of nitrogens with one attached hydrogen (secondary N) is 2. The standard InChI is InChI=1S/C23H35FN7O5P/c1-13(2)20(32)28-23-27-19-18(21(33)29-23)26-12-30(19)22-17(24)10-16(36-22)11-35-37(34-9-7-8-25)31(14(3)4)15(5)6/h12-17,22H,7,9-11H2,1-6H3,(H2,27,28,29,32,33)/t16-,17+,22+,37?/m0/s1. The van der Waals surface area contributed by atoms with Gasteiger partial charge in [-0.15, -0.1) is 0 Å². The van der Waals surface area contributed by atoms with Crippen molar-refractivity contribution in [1.29, 1.82) is 5.26 Å². The van der Waals surface area contributed by atoms with Gasteiger partial charge in [0.2, 0.25) is 11.9 Å². The predicted molar refractivity (Wildman–Crippen MR) is 136 cm³/mol. The lowest BCUT2D eigenvalue weighted by atomic mass is 10.2. The number of carbonyl (C=O) groups is 1. The first kappa shape index (κ1) is 29.1. The van der Waals surface area contributed by atoms with Gasteiger partial charge in [0.05, 0.1) is 38.1 Å². The van der Waals surface area contributed by atoms with Crippen LogP contribution in [0.5, 0.6) is 0 Å². The number of alkyl halides is 1. The van der Waals surface area contributed by atoms with E-state index in [2.05, 4.69) is 31.0 Å². The molecule has 0 aliphatic carbocycles. The Morgan fingerprint density at radius 3 is 2.68 bits per heavy atom. The van der Waals surface area contributed by atoms with Gasteiger partial charge in [-0.25, -0.2) is 14.0 Å². The Bertz CT molecular complexity index is 1160. The van der Waals surface area contributed by atoms with Crippen LogP contribution < -0.4 is 10.9 Å². The lowest BCUT2D eigenvalue weighted by Crippen LogP contribution is -2.34. The zero-order chi connectivity index (χ0) is 27.3. The quantitative estimate of drug-likeness (QED) is 0.305. The summed E-state index contributed by atoms with van der Waals surface area (Å²) in [5.41, 5.74) is -0.444. The highest BCUT2D eigenvalue weighted by Gasteiger charge is 2.39. The Labute approximate surface area is 216 Å². The number of aromatic amines is 1. The third-order valence-electron chi connectivity index (χ3n) is 5.64. The van der Waals surface area contributed by atoms with E-state index in [1.165, 1.54) is 10.9 Å². The SMILES string of the molecule is CC(C)C(=O)Nc1nc2c(ncn2[C@@H]2O[C@H](COP(OCCC#N)N(C(C)C)C(C)C)C[C@H]2F)c(=O)[nH]1. The molecule has 1 saturated heterocycles. The van der Waals surface area contributed by atoms with E-state index in [1.54, 1.807) is 13.8 Å². The van der Waals surface area contributed by atoms with Gasteiger partial charge < -0.3 is 13.8 Å². The summed E-state index contributed by atoms with van der Waals surface area (Å²) in [6, 6.07) is 2.32. The van der Waals surface area contributed by atoms with Gasteiger partial charge in [0.25, 0.3) is 14.1 Å². The minimum Gasteiger partial charge on any atom is -0.349 e. The van der Waals surface area contributed by atoms with Gasteiger partial charge in [-0.2, -0.15) is 10.2 Å². The van der Waals surface area contributed by atoms with E-state index in [4.69, 9.17) is 19.0 Å². The van der Waals surface area contributed by atoms with Crippen molar-refractivity contribution in [3.63, 3.8) is 0 Å². The van der Waals surface area contributed by atoms with E-state index in [0.717, 1.165) is 0 Å². The second-order valence-electron chi connectivity index (χ2n) is 9.63. The highest BCUT2D eigenvalue weighted by molar-refractivity contribution is 7.44. The number of nitrogens with zero attached hydrogens (tertiary/aromatic N) is 5. The molecular formula is C23H35FN7O5P. The average Bonchev–Trinajstić information content (AvgIpc) is 3.39. The molecular weight excluding hydrogens is 504 g/mol. The zero-order valence-corrected chi connectivity index (χ0v) is 22.9. The molecule has 204 valence electrons. The Balaban J connectivity index is 1.75. The van der Waals surface area contributed by atoms with Gasteiger partial charge in [-0.3, -0.25) is 24.5 Å². The summed E-state index contributed by atoms with van der Waals surface area (Å²) in [5.74, 6) is -0.692. The maximum atomic E-state index is 15.1. The second kappa shape index (κ2) is 12.8. The molecule has 1 aliphatic heterocycles. The van der Waals surface area contributed by atoms with Crippen LogP contribution in [-0.4, -0.2) is 67.7 Å². The van der Waals surface area contributed by atoms with Gasteiger partial charge in [0, 0.05) is 24.4 Å². The van der Waals surface area contributed by atoms with Gasteiger partial charge in [-0.05, 0) is 27.7 Å². The van der Waals surface area contributed by atoms with E-state index < -0.39 is 32.6 Å². The minimum atomic E-state index is -1.49. The molecule has 0 saturated carbocycles. The number of amides is 1. The second-order valence-corrected chi connectivity index (χ2v) is 11.1. The molecule has 2 aromatic rings. The largest absolute Gasteiger partial charge is 0.349 e. The summed E-state index contributed by atoms with van der Waals surface area (Å²) < 4.78 is 36.5. The molecule has 12 nitrogen and oxygen atoms in total. The van der Waals surface area contributed by atoms with Gasteiger partial charge in [0.1, 0.15) is 6.17 Å². The molecule has 14 heteroatoms. The van der Waals surface area contributed by atoms with E-state index in [9.17, 15) is 9.59 Å². The first-order chi connectivity index (χ1) is 17.5. The summed E-state index contributed by atoms with van der Waals surface area (Å²) >= 11 is 0. The van der Waals surface area contributed by atoms with Crippen LogP contribution in [0.15, 0.2) is 11.1 Å². The number of hydrogen-bond donors (Lipinski definition) is 2. The molecule has 2 aromatic heterocycles. The molecule has 1 unspecified atom stereocenters. The monoisotopic (exact) mass is 539 g/mol. The number of halogens is 1. The Morgan fingerprint density at radius 2 is 2.05 bits per heavy atom. The third kappa shape index (κ3) is 7.09. The maximum absolute atomic E-state index is 15.1. The molecule has 1 fully saturated rings. The highest BCUT2D eigenvalue weighted by atomic mass is 31.2. The van der Waals surface area contributed by atoms with Crippen LogP contribution in [0.25, 0.3) is 11.2 Å². The van der Waals surface area contributed by atoms with Gasteiger partial charge >= 0.3 is 0 Å². The van der Waals surface area contributed by atoms with Crippen LogP contribution in [0.4, 0.5) is 10.3 Å². The number of fused-ring (bicyclic) bond motifs is 1. The molecule has 0 aromatic carbocycles. The van der Waals surface area contributed by atoms with E-state index >= 15 is 4.39 Å². The van der Waals surface area contributed by atoms with Crippen molar-refractivity contribution in [2.24, 2.45) is 5.92 Å². The van der Waals surface area contributed by atoms with Crippen molar-refractivity contribution in [2.45, 2.75) is 85.0 Å². The molecule has 0 bridgehead atoms. The fraction of sp³-hybridized carbons (Fsp3) is 0.696. The predicted octanol–water partition coefficient (Wildman–Crippen LogP) is 3.63. The number of anilines is 1. The molecule has 0 radical (unpaired) electrons. The number of ether oxygens (including phenoxy) is 1. The average molecular weight is 540 g/mol. The first-order valence-corrected chi connectivity index (χ1v) is 13.4. The van der Waals surface area contributed by atoms with Crippen LogP contribution in [0.2, 0.25) is 0 Å². The Morgan fingerprint density at radius 1 is 1.35 bits per heavy atom. The Kier molecular flexibility index (Phi) is 10.1. The van der Waals surface area contributed by atoms with Crippen molar-refractivity contribution in [3.05, 3.63) is 16.7 Å². The molecule has 4 atom stereocenters. The minimum absolute atomic E-state index is 0.0111. The van der Waals surface area contributed by atoms with Crippen LogP contribution in [-0.2, 0) is 18.6 Å². The molecule has 2 N–H and O–H groups in total. The normalized spacial score (nSPS) is 20.9. The number of nitriles is 1. The van der Waals surface area contributed by atoms with Crippen molar-refractivity contribution >= 4 is 31.5 Å². The van der Waals surface area contributed by atoms with Crippen molar-refractivity contribution in [3.8, 4) is 6.07 Å². The number of carbonyl (C=O) groups excluding carboxylic acids is 1. The first-order valence-electron chi connectivity index (χ1n) is 12.3. The van der Waals surface area contributed by atoms with Crippen molar-refractivity contribution in [2.75, 3.05) is 18.5 Å². The number of rotatable bonds is 12. The van der Waals surface area contributed by atoms with E-state index in [-0.39, 0.29) is 67.1 Å². The van der Waals surface area contributed by atoms with Crippen LogP contribution in [0.3, 0.4) is 0 Å². The van der Waals surface area contributed by atoms with E-state index in [0.29, 0.717) is 0 Å². The molecule has 1 amide bonds. The molecule has 0 spiro atoms. The maximum Gasteiger partial charge on any atom is 0.280 e.